The van der Waals surface area contributed by atoms with Crippen molar-refractivity contribution in [3.8, 4) is 0 Å². The number of amides is 1. The highest BCUT2D eigenvalue weighted by atomic mass is 32.2. The van der Waals surface area contributed by atoms with Crippen molar-refractivity contribution in [1.29, 1.82) is 0 Å². The molecule has 2 aromatic carbocycles. The molecule has 3 N–H and O–H groups in total. The average molecular weight is 391 g/mol. The van der Waals surface area contributed by atoms with E-state index in [1.54, 1.807) is 4.90 Å². The molecular formula is C19H22FN3O3S. The maximum absolute atomic E-state index is 12.9. The van der Waals surface area contributed by atoms with Gasteiger partial charge in [-0.15, -0.1) is 0 Å². The Morgan fingerprint density at radius 3 is 2.37 bits per heavy atom. The molecule has 1 saturated heterocycles. The standard InChI is InChI=1S/C19H22FN3O3S/c1-13-10-14(11-21)12-23(13)19(24)15-2-8-18(9-3-15)27(25,26)22-17-6-4-16(20)5-7-17/h2-9,13-14,22H,10-12,21H2,1H3. The smallest absolute Gasteiger partial charge is 0.261 e. The molecule has 0 aromatic heterocycles. The fourth-order valence-electron chi connectivity index (χ4n) is 3.27. The summed E-state index contributed by atoms with van der Waals surface area (Å²) in [6, 6.07) is 10.9. The molecule has 1 fully saturated rings. The summed E-state index contributed by atoms with van der Waals surface area (Å²) in [7, 11) is -3.83. The van der Waals surface area contributed by atoms with Crippen LogP contribution in [0.15, 0.2) is 53.4 Å². The summed E-state index contributed by atoms with van der Waals surface area (Å²) >= 11 is 0. The minimum Gasteiger partial charge on any atom is -0.336 e. The summed E-state index contributed by atoms with van der Waals surface area (Å²) in [6.45, 7) is 3.14. The second kappa shape index (κ2) is 7.66. The van der Waals surface area contributed by atoms with Crippen LogP contribution in [0.25, 0.3) is 0 Å². The quantitative estimate of drug-likeness (QED) is 0.819. The van der Waals surface area contributed by atoms with Gasteiger partial charge in [-0.1, -0.05) is 0 Å². The maximum Gasteiger partial charge on any atom is 0.261 e. The SMILES string of the molecule is CC1CC(CN)CN1C(=O)c1ccc(S(=O)(=O)Nc2ccc(F)cc2)cc1. The molecule has 1 amide bonds. The van der Waals surface area contributed by atoms with Crippen LogP contribution in [0, 0.1) is 11.7 Å². The van der Waals surface area contributed by atoms with E-state index in [1.807, 2.05) is 6.92 Å². The van der Waals surface area contributed by atoms with Crippen LogP contribution in [0.5, 0.6) is 0 Å². The summed E-state index contributed by atoms with van der Waals surface area (Å²) in [4.78, 5) is 14.5. The lowest BCUT2D eigenvalue weighted by Crippen LogP contribution is -2.34. The van der Waals surface area contributed by atoms with Crippen LogP contribution in [-0.4, -0.2) is 38.4 Å². The van der Waals surface area contributed by atoms with E-state index in [2.05, 4.69) is 4.72 Å². The Bertz CT molecular complexity index is 914. The van der Waals surface area contributed by atoms with Gasteiger partial charge in [-0.05, 0) is 74.3 Å². The van der Waals surface area contributed by atoms with Crippen molar-refractivity contribution < 1.29 is 17.6 Å². The third kappa shape index (κ3) is 4.28. The lowest BCUT2D eigenvalue weighted by Gasteiger charge is -2.21. The summed E-state index contributed by atoms with van der Waals surface area (Å²) in [5.74, 6) is -0.286. The van der Waals surface area contributed by atoms with Crippen molar-refractivity contribution in [2.75, 3.05) is 17.8 Å². The molecule has 8 heteroatoms. The molecule has 144 valence electrons. The molecule has 1 heterocycles. The number of halogens is 1. The van der Waals surface area contributed by atoms with E-state index >= 15 is 0 Å². The zero-order valence-corrected chi connectivity index (χ0v) is 15.7. The highest BCUT2D eigenvalue weighted by Crippen LogP contribution is 2.25. The topological polar surface area (TPSA) is 92.5 Å². The van der Waals surface area contributed by atoms with Crippen molar-refractivity contribution in [3.63, 3.8) is 0 Å². The van der Waals surface area contributed by atoms with E-state index in [0.717, 1.165) is 6.42 Å². The zero-order chi connectivity index (χ0) is 19.6. The average Bonchev–Trinajstić information content (AvgIpc) is 3.04. The molecular weight excluding hydrogens is 369 g/mol. The number of carbonyl (C=O) groups is 1. The second-order valence-electron chi connectivity index (χ2n) is 6.78. The molecule has 0 radical (unpaired) electrons. The van der Waals surface area contributed by atoms with Gasteiger partial charge in [0.1, 0.15) is 5.82 Å². The van der Waals surface area contributed by atoms with Crippen LogP contribution in [-0.2, 0) is 10.0 Å². The van der Waals surface area contributed by atoms with Gasteiger partial charge in [0.15, 0.2) is 0 Å². The second-order valence-corrected chi connectivity index (χ2v) is 8.46. The van der Waals surface area contributed by atoms with Crippen LogP contribution >= 0.6 is 0 Å². The van der Waals surface area contributed by atoms with Gasteiger partial charge in [-0.3, -0.25) is 9.52 Å². The Balaban J connectivity index is 1.74. The fraction of sp³-hybridized carbons (Fsp3) is 0.316. The first-order valence-electron chi connectivity index (χ1n) is 8.69. The molecule has 27 heavy (non-hydrogen) atoms. The van der Waals surface area contributed by atoms with Crippen molar-refractivity contribution in [2.24, 2.45) is 11.7 Å². The number of hydrogen-bond acceptors (Lipinski definition) is 4. The third-order valence-electron chi connectivity index (χ3n) is 4.76. The fourth-order valence-corrected chi connectivity index (χ4v) is 4.33. The van der Waals surface area contributed by atoms with E-state index in [9.17, 15) is 17.6 Å². The van der Waals surface area contributed by atoms with E-state index in [1.165, 1.54) is 48.5 Å². The van der Waals surface area contributed by atoms with E-state index in [0.29, 0.717) is 24.6 Å². The number of likely N-dealkylation sites (tertiary alicyclic amines) is 1. The van der Waals surface area contributed by atoms with Gasteiger partial charge in [0.25, 0.3) is 15.9 Å². The van der Waals surface area contributed by atoms with Gasteiger partial charge in [-0.25, -0.2) is 12.8 Å². The van der Waals surface area contributed by atoms with Crippen molar-refractivity contribution >= 4 is 21.6 Å². The van der Waals surface area contributed by atoms with Crippen molar-refractivity contribution in [2.45, 2.75) is 24.3 Å². The highest BCUT2D eigenvalue weighted by Gasteiger charge is 2.32. The Hall–Kier alpha value is -2.45. The number of sulfonamides is 1. The molecule has 0 bridgehead atoms. The molecule has 0 saturated carbocycles. The van der Waals surface area contributed by atoms with Gasteiger partial charge >= 0.3 is 0 Å². The molecule has 3 rings (SSSR count). The maximum atomic E-state index is 12.9. The summed E-state index contributed by atoms with van der Waals surface area (Å²) in [5, 5.41) is 0. The number of hydrogen-bond donors (Lipinski definition) is 2. The van der Waals surface area contributed by atoms with Crippen LogP contribution in [0.2, 0.25) is 0 Å². The minimum absolute atomic E-state index is 0.0256. The zero-order valence-electron chi connectivity index (χ0n) is 14.9. The number of anilines is 1. The lowest BCUT2D eigenvalue weighted by atomic mass is 10.1. The molecule has 6 nitrogen and oxygen atoms in total. The molecule has 1 aliphatic heterocycles. The third-order valence-corrected chi connectivity index (χ3v) is 6.16. The monoisotopic (exact) mass is 391 g/mol. The number of benzene rings is 2. The van der Waals surface area contributed by atoms with Crippen LogP contribution in [0.3, 0.4) is 0 Å². The minimum atomic E-state index is -3.83. The van der Waals surface area contributed by atoms with Gasteiger partial charge in [0.05, 0.1) is 4.90 Å². The lowest BCUT2D eigenvalue weighted by molar-refractivity contribution is 0.0743. The van der Waals surface area contributed by atoms with E-state index in [4.69, 9.17) is 5.73 Å². The summed E-state index contributed by atoms with van der Waals surface area (Å²) in [5.41, 5.74) is 6.39. The predicted molar refractivity (Wildman–Crippen MR) is 101 cm³/mol. The Morgan fingerprint density at radius 1 is 1.19 bits per heavy atom. The van der Waals surface area contributed by atoms with Gasteiger partial charge in [0, 0.05) is 23.8 Å². The van der Waals surface area contributed by atoms with Crippen molar-refractivity contribution in [3.05, 3.63) is 59.9 Å². The Morgan fingerprint density at radius 2 is 1.81 bits per heavy atom. The first kappa shape index (κ1) is 19.3. The summed E-state index contributed by atoms with van der Waals surface area (Å²) < 4.78 is 40.2. The van der Waals surface area contributed by atoms with Crippen LogP contribution < -0.4 is 10.5 Å². The number of nitrogens with zero attached hydrogens (tertiary/aromatic N) is 1. The number of nitrogens with two attached hydrogens (primary N) is 1. The van der Waals surface area contributed by atoms with Crippen LogP contribution in [0.1, 0.15) is 23.7 Å². The van der Waals surface area contributed by atoms with Crippen molar-refractivity contribution in [1.82, 2.24) is 4.90 Å². The molecule has 2 unspecified atom stereocenters. The molecule has 0 spiro atoms. The molecule has 1 aliphatic rings. The van der Waals surface area contributed by atoms with Crippen LogP contribution in [0.4, 0.5) is 10.1 Å². The molecule has 2 aromatic rings. The van der Waals surface area contributed by atoms with E-state index in [-0.39, 0.29) is 22.5 Å². The van der Waals surface area contributed by atoms with Gasteiger partial charge < -0.3 is 10.6 Å². The number of carbonyl (C=O) groups excluding carboxylic acids is 1. The number of nitrogens with one attached hydrogen (secondary N) is 1. The van der Waals surface area contributed by atoms with Gasteiger partial charge in [-0.2, -0.15) is 0 Å². The summed E-state index contributed by atoms with van der Waals surface area (Å²) in [6.07, 6.45) is 0.871. The van der Waals surface area contributed by atoms with E-state index < -0.39 is 15.8 Å². The van der Waals surface area contributed by atoms with Gasteiger partial charge in [0.2, 0.25) is 0 Å². The normalized spacial score (nSPS) is 19.9. The highest BCUT2D eigenvalue weighted by molar-refractivity contribution is 7.92. The molecule has 0 aliphatic carbocycles. The first-order valence-corrected chi connectivity index (χ1v) is 10.2. The molecule has 2 atom stereocenters. The first-order chi connectivity index (χ1) is 12.8. The largest absolute Gasteiger partial charge is 0.336 e. The number of rotatable bonds is 5. The Kier molecular flexibility index (Phi) is 5.48. The Labute approximate surface area is 158 Å². The predicted octanol–water partition coefficient (Wildman–Crippen LogP) is 2.44.